The number of piperazine rings is 1. The number of nitrogens with one attached hydrogen (secondary N) is 2. The predicted octanol–water partition coefficient (Wildman–Crippen LogP) is 1.23. The third-order valence-corrected chi connectivity index (χ3v) is 2.94. The standard InChI is InChI=1S/C12H18N4O/c1-10-8-11(14-9-15-17)2-3-12(10)16-6-4-13-5-7-16/h2-3,8-9,13,17H,4-7H2,1H3,(H,14,15). The normalized spacial score (nSPS) is 16.4. The van der Waals surface area contributed by atoms with Crippen molar-refractivity contribution in [2.75, 3.05) is 36.4 Å². The Balaban J connectivity index is 2.12. The Hall–Kier alpha value is -1.75. The van der Waals surface area contributed by atoms with Crippen molar-refractivity contribution >= 4 is 17.7 Å². The minimum atomic E-state index is 0.930. The Labute approximate surface area is 101 Å². The maximum absolute atomic E-state index is 8.35. The van der Waals surface area contributed by atoms with Gasteiger partial charge in [0.2, 0.25) is 0 Å². The Kier molecular flexibility index (Phi) is 3.82. The number of oxime groups is 1. The topological polar surface area (TPSA) is 59.9 Å². The van der Waals surface area contributed by atoms with Crippen LogP contribution in [-0.2, 0) is 0 Å². The quantitative estimate of drug-likeness (QED) is 0.319. The lowest BCUT2D eigenvalue weighted by Gasteiger charge is -2.30. The minimum absolute atomic E-state index is 0.930. The molecule has 5 nitrogen and oxygen atoms in total. The Morgan fingerprint density at radius 1 is 1.41 bits per heavy atom. The van der Waals surface area contributed by atoms with Gasteiger partial charge in [-0.15, -0.1) is 0 Å². The van der Waals surface area contributed by atoms with Crippen LogP contribution >= 0.6 is 0 Å². The van der Waals surface area contributed by atoms with Crippen LogP contribution in [0.2, 0.25) is 0 Å². The van der Waals surface area contributed by atoms with Crippen molar-refractivity contribution in [3.63, 3.8) is 0 Å². The molecular formula is C12H18N4O. The number of rotatable bonds is 3. The molecule has 1 aliphatic heterocycles. The van der Waals surface area contributed by atoms with Gasteiger partial charge < -0.3 is 20.7 Å². The molecule has 0 atom stereocenters. The third-order valence-electron chi connectivity index (χ3n) is 2.94. The molecule has 0 saturated carbocycles. The maximum Gasteiger partial charge on any atom is 0.132 e. The van der Waals surface area contributed by atoms with Crippen molar-refractivity contribution in [1.82, 2.24) is 5.32 Å². The molecule has 92 valence electrons. The molecule has 1 aromatic rings. The lowest BCUT2D eigenvalue weighted by Crippen LogP contribution is -2.43. The van der Waals surface area contributed by atoms with Crippen molar-refractivity contribution in [2.45, 2.75) is 6.92 Å². The van der Waals surface area contributed by atoms with E-state index in [1.807, 2.05) is 6.07 Å². The SMILES string of the molecule is Cc1cc(N/C=N/O)ccc1N1CCNCC1. The molecule has 0 unspecified atom stereocenters. The zero-order valence-electron chi connectivity index (χ0n) is 9.98. The second-order valence-corrected chi connectivity index (χ2v) is 4.13. The molecule has 1 aliphatic rings. The Morgan fingerprint density at radius 2 is 2.18 bits per heavy atom. The molecule has 1 heterocycles. The molecule has 3 N–H and O–H groups in total. The predicted molar refractivity (Wildman–Crippen MR) is 70.2 cm³/mol. The lowest BCUT2D eigenvalue weighted by atomic mass is 10.1. The van der Waals surface area contributed by atoms with Gasteiger partial charge >= 0.3 is 0 Å². The van der Waals surface area contributed by atoms with E-state index in [2.05, 4.69) is 39.7 Å². The number of nitrogens with zero attached hydrogens (tertiary/aromatic N) is 2. The summed E-state index contributed by atoms with van der Waals surface area (Å²) in [5.41, 5.74) is 3.43. The zero-order chi connectivity index (χ0) is 12.1. The van der Waals surface area contributed by atoms with Gasteiger partial charge in [-0.25, -0.2) is 0 Å². The molecule has 1 fully saturated rings. The molecule has 0 amide bonds. The summed E-state index contributed by atoms with van der Waals surface area (Å²) in [4.78, 5) is 2.38. The molecule has 0 spiro atoms. The average molecular weight is 234 g/mol. The van der Waals surface area contributed by atoms with E-state index in [-0.39, 0.29) is 0 Å². The highest BCUT2D eigenvalue weighted by Crippen LogP contribution is 2.23. The van der Waals surface area contributed by atoms with Gasteiger partial charge in [0, 0.05) is 37.6 Å². The van der Waals surface area contributed by atoms with E-state index in [1.165, 1.54) is 17.6 Å². The van der Waals surface area contributed by atoms with Crippen molar-refractivity contribution in [2.24, 2.45) is 5.16 Å². The molecule has 0 bridgehead atoms. The summed E-state index contributed by atoms with van der Waals surface area (Å²) in [6.07, 6.45) is 1.26. The van der Waals surface area contributed by atoms with Crippen LogP contribution in [0.15, 0.2) is 23.4 Å². The molecule has 0 aliphatic carbocycles. The molecule has 0 aromatic heterocycles. The minimum Gasteiger partial charge on any atom is -0.410 e. The van der Waals surface area contributed by atoms with E-state index in [4.69, 9.17) is 5.21 Å². The summed E-state index contributed by atoms with van der Waals surface area (Å²) >= 11 is 0. The van der Waals surface area contributed by atoms with Gasteiger partial charge in [0.1, 0.15) is 6.34 Å². The van der Waals surface area contributed by atoms with E-state index in [1.54, 1.807) is 0 Å². The fourth-order valence-corrected chi connectivity index (χ4v) is 2.11. The van der Waals surface area contributed by atoms with Crippen LogP contribution in [0.3, 0.4) is 0 Å². The van der Waals surface area contributed by atoms with Gasteiger partial charge in [-0.05, 0) is 30.7 Å². The molecule has 0 radical (unpaired) electrons. The number of hydrogen-bond donors (Lipinski definition) is 3. The van der Waals surface area contributed by atoms with Crippen molar-refractivity contribution < 1.29 is 5.21 Å². The van der Waals surface area contributed by atoms with E-state index in [0.29, 0.717) is 0 Å². The van der Waals surface area contributed by atoms with Crippen LogP contribution in [0.1, 0.15) is 5.56 Å². The second-order valence-electron chi connectivity index (χ2n) is 4.13. The summed E-state index contributed by atoms with van der Waals surface area (Å²) in [7, 11) is 0. The highest BCUT2D eigenvalue weighted by molar-refractivity contribution is 5.76. The van der Waals surface area contributed by atoms with Gasteiger partial charge in [-0.1, -0.05) is 5.16 Å². The largest absolute Gasteiger partial charge is 0.410 e. The number of benzene rings is 1. The van der Waals surface area contributed by atoms with Crippen molar-refractivity contribution in [1.29, 1.82) is 0 Å². The van der Waals surface area contributed by atoms with Crippen LogP contribution in [0.5, 0.6) is 0 Å². The lowest BCUT2D eigenvalue weighted by molar-refractivity contribution is 0.321. The number of aryl methyl sites for hydroxylation is 1. The van der Waals surface area contributed by atoms with Crippen LogP contribution in [0.25, 0.3) is 0 Å². The Morgan fingerprint density at radius 3 is 2.82 bits per heavy atom. The highest BCUT2D eigenvalue weighted by Gasteiger charge is 2.12. The number of hydrogen-bond acceptors (Lipinski definition) is 4. The van der Waals surface area contributed by atoms with Gasteiger partial charge in [0.25, 0.3) is 0 Å². The fraction of sp³-hybridized carbons (Fsp3) is 0.417. The summed E-state index contributed by atoms with van der Waals surface area (Å²) in [6.45, 7) is 6.27. The summed E-state index contributed by atoms with van der Waals surface area (Å²) in [6, 6.07) is 6.15. The molecule has 1 saturated heterocycles. The first kappa shape index (κ1) is 11.7. The van der Waals surface area contributed by atoms with Gasteiger partial charge in [0.05, 0.1) is 0 Å². The van der Waals surface area contributed by atoms with E-state index in [9.17, 15) is 0 Å². The molecular weight excluding hydrogens is 216 g/mol. The van der Waals surface area contributed by atoms with Crippen LogP contribution in [0.4, 0.5) is 11.4 Å². The molecule has 5 heteroatoms. The summed E-state index contributed by atoms with van der Waals surface area (Å²) in [5.74, 6) is 0. The summed E-state index contributed by atoms with van der Waals surface area (Å²) in [5, 5.41) is 17.5. The molecule has 1 aromatic carbocycles. The van der Waals surface area contributed by atoms with E-state index >= 15 is 0 Å². The van der Waals surface area contributed by atoms with Gasteiger partial charge in [-0.3, -0.25) is 0 Å². The number of anilines is 2. The molecule has 2 rings (SSSR count). The van der Waals surface area contributed by atoms with E-state index < -0.39 is 0 Å². The maximum atomic E-state index is 8.35. The highest BCUT2D eigenvalue weighted by atomic mass is 16.4. The van der Waals surface area contributed by atoms with Gasteiger partial charge in [-0.2, -0.15) is 0 Å². The summed E-state index contributed by atoms with van der Waals surface area (Å²) < 4.78 is 0. The first-order chi connectivity index (χ1) is 8.31. The first-order valence-corrected chi connectivity index (χ1v) is 5.80. The average Bonchev–Trinajstić information content (AvgIpc) is 2.37. The first-order valence-electron chi connectivity index (χ1n) is 5.80. The van der Waals surface area contributed by atoms with Gasteiger partial charge in [0.15, 0.2) is 0 Å². The van der Waals surface area contributed by atoms with Crippen molar-refractivity contribution in [3.05, 3.63) is 23.8 Å². The molecule has 17 heavy (non-hydrogen) atoms. The second kappa shape index (κ2) is 5.54. The zero-order valence-corrected chi connectivity index (χ0v) is 9.98. The van der Waals surface area contributed by atoms with Crippen LogP contribution in [-0.4, -0.2) is 37.7 Å². The van der Waals surface area contributed by atoms with Crippen LogP contribution in [0, 0.1) is 6.92 Å². The van der Waals surface area contributed by atoms with Crippen molar-refractivity contribution in [3.8, 4) is 0 Å². The third kappa shape index (κ3) is 2.88. The fourth-order valence-electron chi connectivity index (χ4n) is 2.11. The Bertz CT molecular complexity index is 399. The smallest absolute Gasteiger partial charge is 0.132 e. The monoisotopic (exact) mass is 234 g/mol. The van der Waals surface area contributed by atoms with E-state index in [0.717, 1.165) is 31.9 Å². The van der Waals surface area contributed by atoms with Crippen LogP contribution < -0.4 is 15.5 Å².